The second kappa shape index (κ2) is 7.74. The number of methoxy groups -OCH3 is 1. The largest absolute Gasteiger partial charge is 0.497 e. The van der Waals surface area contributed by atoms with Crippen molar-refractivity contribution in [1.29, 1.82) is 0 Å². The maximum absolute atomic E-state index is 13.3. The number of nitrogens with zero attached hydrogens (tertiary/aromatic N) is 1. The summed E-state index contributed by atoms with van der Waals surface area (Å²) in [5, 5.41) is 2.82. The van der Waals surface area contributed by atoms with Crippen molar-refractivity contribution in [3.63, 3.8) is 0 Å². The lowest BCUT2D eigenvalue weighted by molar-refractivity contribution is -0.136. The summed E-state index contributed by atoms with van der Waals surface area (Å²) in [4.78, 5) is 15.8. The first-order valence-corrected chi connectivity index (χ1v) is 8.29. The van der Waals surface area contributed by atoms with Gasteiger partial charge in [-0.2, -0.15) is 13.2 Å². The van der Waals surface area contributed by atoms with Gasteiger partial charge >= 0.3 is 6.18 Å². The normalized spacial score (nSPS) is 11.5. The number of aromatic nitrogens is 1. The number of ether oxygens (including phenoxy) is 1. The molecular formula is C16H17F3N2O2S. The predicted octanol–water partition coefficient (Wildman–Crippen LogP) is 3.88. The maximum atomic E-state index is 13.3. The van der Waals surface area contributed by atoms with Crippen LogP contribution in [-0.4, -0.2) is 30.3 Å². The van der Waals surface area contributed by atoms with Gasteiger partial charge in [-0.3, -0.25) is 4.79 Å². The van der Waals surface area contributed by atoms with Crippen molar-refractivity contribution in [1.82, 2.24) is 10.3 Å². The molecule has 0 aliphatic carbocycles. The number of hydrogen-bond donors (Lipinski definition) is 1. The Hall–Kier alpha value is -1.96. The fourth-order valence-electron chi connectivity index (χ4n) is 2.07. The number of pyridine rings is 1. The second-order valence-electron chi connectivity index (χ2n) is 5.03. The van der Waals surface area contributed by atoms with E-state index in [0.29, 0.717) is 12.3 Å². The Morgan fingerprint density at radius 3 is 2.71 bits per heavy atom. The molecule has 0 saturated carbocycles. The lowest BCUT2D eigenvalue weighted by Gasteiger charge is -2.13. The summed E-state index contributed by atoms with van der Waals surface area (Å²) < 4.78 is 44.9. The zero-order valence-electron chi connectivity index (χ0n) is 13.2. The molecule has 0 radical (unpaired) electrons. The quantitative estimate of drug-likeness (QED) is 0.796. The number of hydrogen-bond acceptors (Lipinski definition) is 4. The lowest BCUT2D eigenvalue weighted by Crippen LogP contribution is -2.25. The number of carbonyl (C=O) groups excluding carboxylic acids is 1. The molecule has 1 aromatic carbocycles. The molecular weight excluding hydrogens is 341 g/mol. The molecule has 0 unspecified atom stereocenters. The van der Waals surface area contributed by atoms with Gasteiger partial charge in [-0.15, -0.1) is 0 Å². The second-order valence-corrected chi connectivity index (χ2v) is 6.02. The van der Waals surface area contributed by atoms with Gasteiger partial charge in [0.05, 0.1) is 29.0 Å². The molecule has 0 atom stereocenters. The van der Waals surface area contributed by atoms with Gasteiger partial charge in [0.1, 0.15) is 5.75 Å². The molecule has 130 valence electrons. The Labute approximate surface area is 141 Å². The van der Waals surface area contributed by atoms with Crippen LogP contribution in [-0.2, 0) is 11.0 Å². The number of carbonyl (C=O) groups is 1. The number of alkyl halides is 3. The molecule has 0 saturated heterocycles. The van der Waals surface area contributed by atoms with Gasteiger partial charge in [0.15, 0.2) is 0 Å². The summed E-state index contributed by atoms with van der Waals surface area (Å²) in [6.45, 7) is 2.46. The summed E-state index contributed by atoms with van der Waals surface area (Å²) in [6, 6.07) is 5.23. The number of halogens is 3. The fourth-order valence-corrected chi connectivity index (χ4v) is 2.82. The molecule has 0 spiro atoms. The first-order chi connectivity index (χ1) is 11.3. The predicted molar refractivity (Wildman–Crippen MR) is 87.3 cm³/mol. The van der Waals surface area contributed by atoms with E-state index in [4.69, 9.17) is 4.74 Å². The third kappa shape index (κ3) is 4.53. The molecule has 2 rings (SSSR count). The van der Waals surface area contributed by atoms with E-state index < -0.39 is 11.7 Å². The Kier molecular flexibility index (Phi) is 5.93. The fraction of sp³-hybridized carbons (Fsp3) is 0.375. The molecule has 1 heterocycles. The Morgan fingerprint density at radius 2 is 2.08 bits per heavy atom. The minimum Gasteiger partial charge on any atom is -0.497 e. The molecule has 1 N–H and O–H groups in total. The van der Waals surface area contributed by atoms with Gasteiger partial charge in [-0.1, -0.05) is 18.7 Å². The molecule has 2 aromatic rings. The van der Waals surface area contributed by atoms with Gasteiger partial charge in [-0.05, 0) is 24.6 Å². The summed E-state index contributed by atoms with van der Waals surface area (Å²) in [5.41, 5.74) is -0.590. The lowest BCUT2D eigenvalue weighted by atomic mass is 10.1. The highest BCUT2D eigenvalue weighted by molar-refractivity contribution is 7.99. The number of thioether (sulfide) groups is 1. The van der Waals surface area contributed by atoms with E-state index in [-0.39, 0.29) is 27.6 Å². The first kappa shape index (κ1) is 18.4. The number of nitrogens with one attached hydrogen (secondary N) is 1. The van der Waals surface area contributed by atoms with Gasteiger partial charge in [-0.25, -0.2) is 4.98 Å². The molecule has 0 aliphatic heterocycles. The number of rotatable bonds is 6. The average Bonchev–Trinajstić information content (AvgIpc) is 2.55. The van der Waals surface area contributed by atoms with E-state index in [2.05, 4.69) is 10.3 Å². The summed E-state index contributed by atoms with van der Waals surface area (Å²) in [6.07, 6.45) is -3.71. The average molecular weight is 358 g/mol. The Bertz CT molecular complexity index is 735. The van der Waals surface area contributed by atoms with E-state index in [0.717, 1.165) is 24.2 Å². The van der Waals surface area contributed by atoms with Gasteiger partial charge in [0.2, 0.25) is 5.91 Å². The molecule has 1 amide bonds. The highest BCUT2D eigenvalue weighted by Gasteiger charge is 2.33. The standard InChI is InChI=1S/C16H17F3N2O2S/c1-3-6-20-14(22)9-24-15-8-12(16(17,18)19)11-5-4-10(23-2)7-13(11)21-15/h4-5,7-8H,3,6,9H2,1-2H3,(H,20,22). The van der Waals surface area contributed by atoms with Crippen LogP contribution in [0.4, 0.5) is 13.2 Å². The molecule has 1 aromatic heterocycles. The van der Waals surface area contributed by atoms with Gasteiger partial charge in [0, 0.05) is 18.0 Å². The maximum Gasteiger partial charge on any atom is 0.417 e. The monoisotopic (exact) mass is 358 g/mol. The minimum atomic E-state index is -4.50. The zero-order chi connectivity index (χ0) is 17.7. The van der Waals surface area contributed by atoms with Crippen molar-refractivity contribution in [2.75, 3.05) is 19.4 Å². The molecule has 0 bridgehead atoms. The highest BCUT2D eigenvalue weighted by Crippen LogP contribution is 2.37. The van der Waals surface area contributed by atoms with E-state index in [1.54, 1.807) is 0 Å². The molecule has 0 fully saturated rings. The van der Waals surface area contributed by atoms with Crippen molar-refractivity contribution >= 4 is 28.6 Å². The Morgan fingerprint density at radius 1 is 1.33 bits per heavy atom. The first-order valence-electron chi connectivity index (χ1n) is 7.30. The third-order valence-corrected chi connectivity index (χ3v) is 4.13. The van der Waals surface area contributed by atoms with Crippen molar-refractivity contribution < 1.29 is 22.7 Å². The highest BCUT2D eigenvalue weighted by atomic mass is 32.2. The number of benzene rings is 1. The summed E-state index contributed by atoms with van der Waals surface area (Å²) in [7, 11) is 1.43. The molecule has 0 aliphatic rings. The van der Waals surface area contributed by atoms with Crippen LogP contribution in [0.5, 0.6) is 5.75 Å². The van der Waals surface area contributed by atoms with Crippen LogP contribution in [0, 0.1) is 0 Å². The molecule has 4 nitrogen and oxygen atoms in total. The SMILES string of the molecule is CCCNC(=O)CSc1cc(C(F)(F)F)c2ccc(OC)cc2n1. The van der Waals surface area contributed by atoms with E-state index in [9.17, 15) is 18.0 Å². The van der Waals surface area contributed by atoms with Crippen molar-refractivity contribution in [2.45, 2.75) is 24.5 Å². The van der Waals surface area contributed by atoms with Crippen LogP contribution in [0.1, 0.15) is 18.9 Å². The van der Waals surface area contributed by atoms with E-state index in [1.165, 1.54) is 25.3 Å². The van der Waals surface area contributed by atoms with Crippen molar-refractivity contribution in [3.05, 3.63) is 29.8 Å². The van der Waals surface area contributed by atoms with Crippen LogP contribution in [0.15, 0.2) is 29.3 Å². The van der Waals surface area contributed by atoms with E-state index >= 15 is 0 Å². The third-order valence-electron chi connectivity index (χ3n) is 3.22. The van der Waals surface area contributed by atoms with Crippen molar-refractivity contribution in [2.24, 2.45) is 0 Å². The summed E-state index contributed by atoms with van der Waals surface area (Å²) >= 11 is 0.974. The number of amides is 1. The number of fused-ring (bicyclic) bond motifs is 1. The minimum absolute atomic E-state index is 0.00286. The van der Waals surface area contributed by atoms with Crippen LogP contribution in [0.2, 0.25) is 0 Å². The topological polar surface area (TPSA) is 51.2 Å². The van der Waals surface area contributed by atoms with Gasteiger partial charge in [0.25, 0.3) is 0 Å². The van der Waals surface area contributed by atoms with Crippen LogP contribution in [0.3, 0.4) is 0 Å². The molecule has 24 heavy (non-hydrogen) atoms. The smallest absolute Gasteiger partial charge is 0.417 e. The van der Waals surface area contributed by atoms with Crippen LogP contribution < -0.4 is 10.1 Å². The van der Waals surface area contributed by atoms with Crippen LogP contribution in [0.25, 0.3) is 10.9 Å². The zero-order valence-corrected chi connectivity index (χ0v) is 14.1. The van der Waals surface area contributed by atoms with Gasteiger partial charge < -0.3 is 10.1 Å². The summed E-state index contributed by atoms with van der Waals surface area (Å²) in [5.74, 6) is 0.202. The van der Waals surface area contributed by atoms with Crippen LogP contribution >= 0.6 is 11.8 Å². The molecule has 8 heteroatoms. The Balaban J connectivity index is 2.34. The van der Waals surface area contributed by atoms with E-state index in [1.807, 2.05) is 6.92 Å². The van der Waals surface area contributed by atoms with Crippen molar-refractivity contribution in [3.8, 4) is 5.75 Å².